The SMILES string of the molecule is CN(C)S(O)(O)CC(C)(C)N. The summed E-state index contributed by atoms with van der Waals surface area (Å²) in [7, 11) is 0.605. The zero-order chi connectivity index (χ0) is 9.28. The molecule has 0 fully saturated rings. The maximum atomic E-state index is 9.41. The molecule has 0 aromatic heterocycles. The largest absolute Gasteiger partial charge is 0.324 e. The zero-order valence-electron chi connectivity index (χ0n) is 7.53. The smallest absolute Gasteiger partial charge is 0.0704 e. The first-order chi connectivity index (χ1) is 4.65. The van der Waals surface area contributed by atoms with Gasteiger partial charge in [-0.25, -0.2) is 4.31 Å². The van der Waals surface area contributed by atoms with Gasteiger partial charge in [-0.1, -0.05) is 0 Å². The van der Waals surface area contributed by atoms with E-state index in [0.29, 0.717) is 0 Å². The lowest BCUT2D eigenvalue weighted by Gasteiger charge is -2.42. The molecule has 0 aromatic rings. The quantitative estimate of drug-likeness (QED) is 0.608. The van der Waals surface area contributed by atoms with E-state index in [1.54, 1.807) is 27.9 Å². The third-order valence-corrected chi connectivity index (χ3v) is 3.45. The van der Waals surface area contributed by atoms with Gasteiger partial charge in [-0.05, 0) is 13.8 Å². The van der Waals surface area contributed by atoms with Crippen molar-refractivity contribution in [3.05, 3.63) is 0 Å². The van der Waals surface area contributed by atoms with E-state index in [2.05, 4.69) is 0 Å². The third-order valence-electron chi connectivity index (χ3n) is 1.15. The first-order valence-electron chi connectivity index (χ1n) is 3.37. The van der Waals surface area contributed by atoms with Crippen LogP contribution in [0.25, 0.3) is 0 Å². The van der Waals surface area contributed by atoms with Crippen LogP contribution in [0.3, 0.4) is 0 Å². The van der Waals surface area contributed by atoms with Crippen LogP contribution in [-0.4, -0.2) is 38.8 Å². The van der Waals surface area contributed by atoms with Gasteiger partial charge in [-0.3, -0.25) is 9.11 Å². The van der Waals surface area contributed by atoms with E-state index in [1.807, 2.05) is 0 Å². The Bertz CT molecular complexity index is 131. The van der Waals surface area contributed by atoms with Crippen LogP contribution < -0.4 is 5.73 Å². The first kappa shape index (κ1) is 11.2. The lowest BCUT2D eigenvalue weighted by Crippen LogP contribution is -2.41. The van der Waals surface area contributed by atoms with Crippen molar-refractivity contribution in [3.8, 4) is 0 Å². The van der Waals surface area contributed by atoms with Crippen molar-refractivity contribution in [2.45, 2.75) is 19.4 Å². The van der Waals surface area contributed by atoms with Gasteiger partial charge in [0.05, 0.1) is 5.75 Å². The van der Waals surface area contributed by atoms with Crippen LogP contribution in [0.15, 0.2) is 0 Å². The molecule has 0 unspecified atom stereocenters. The van der Waals surface area contributed by atoms with Gasteiger partial charge in [0.25, 0.3) is 0 Å². The molecule has 4 N–H and O–H groups in total. The lowest BCUT2D eigenvalue weighted by molar-refractivity contribution is 0.397. The highest BCUT2D eigenvalue weighted by Gasteiger charge is 2.24. The summed E-state index contributed by atoms with van der Waals surface area (Å²) >= 11 is 0. The normalized spacial score (nSPS) is 15.6. The standard InChI is InChI=1S/C6H18N2O2S/c1-6(2,7)5-11(9,10)8(3)4/h9-10H,5,7H2,1-4H3. The minimum absolute atomic E-state index is 0.201. The van der Waals surface area contributed by atoms with Gasteiger partial charge in [0, 0.05) is 19.6 Å². The Morgan fingerprint density at radius 2 is 1.73 bits per heavy atom. The van der Waals surface area contributed by atoms with Crippen molar-refractivity contribution in [3.63, 3.8) is 0 Å². The molecule has 0 saturated heterocycles. The molecule has 4 nitrogen and oxygen atoms in total. The molecule has 0 saturated carbocycles. The van der Waals surface area contributed by atoms with Gasteiger partial charge in [0.15, 0.2) is 0 Å². The zero-order valence-corrected chi connectivity index (χ0v) is 8.35. The summed E-state index contributed by atoms with van der Waals surface area (Å²) in [5.74, 6) is 0.201. The van der Waals surface area contributed by atoms with E-state index in [9.17, 15) is 9.11 Å². The topological polar surface area (TPSA) is 69.7 Å². The fourth-order valence-corrected chi connectivity index (χ4v) is 1.88. The van der Waals surface area contributed by atoms with Gasteiger partial charge >= 0.3 is 0 Å². The van der Waals surface area contributed by atoms with Crippen molar-refractivity contribution in [1.29, 1.82) is 0 Å². The molecule has 0 atom stereocenters. The Morgan fingerprint density at radius 1 is 1.36 bits per heavy atom. The van der Waals surface area contributed by atoms with E-state index >= 15 is 0 Å². The molecular weight excluding hydrogens is 164 g/mol. The van der Waals surface area contributed by atoms with Crippen molar-refractivity contribution in [1.82, 2.24) is 4.31 Å². The van der Waals surface area contributed by atoms with Crippen molar-refractivity contribution in [2.75, 3.05) is 19.8 Å². The minimum Gasteiger partial charge on any atom is -0.324 e. The Hall–Kier alpha value is 0.190. The number of rotatable bonds is 3. The van der Waals surface area contributed by atoms with Gasteiger partial charge in [-0.15, -0.1) is 10.8 Å². The van der Waals surface area contributed by atoms with Crippen LogP contribution in [0.5, 0.6) is 0 Å². The average molecular weight is 182 g/mol. The van der Waals surface area contributed by atoms with Gasteiger partial charge in [-0.2, -0.15) is 0 Å². The maximum absolute atomic E-state index is 9.41. The van der Waals surface area contributed by atoms with Crippen LogP contribution in [0.4, 0.5) is 0 Å². The Labute approximate surface area is 69.9 Å². The van der Waals surface area contributed by atoms with E-state index < -0.39 is 16.3 Å². The molecular formula is C6H18N2O2S. The van der Waals surface area contributed by atoms with E-state index in [-0.39, 0.29) is 5.75 Å². The summed E-state index contributed by atoms with van der Waals surface area (Å²) in [5.41, 5.74) is 5.09. The number of hydrogen-bond donors (Lipinski definition) is 3. The highest BCUT2D eigenvalue weighted by molar-refractivity contribution is 8.22. The van der Waals surface area contributed by atoms with Gasteiger partial charge < -0.3 is 5.73 Å². The summed E-state index contributed by atoms with van der Waals surface area (Å²) in [4.78, 5) is 0. The Balaban J connectivity index is 4.13. The Kier molecular flexibility index (Phi) is 3.34. The average Bonchev–Trinajstić information content (AvgIpc) is 1.56. The molecule has 0 aliphatic rings. The van der Waals surface area contributed by atoms with Gasteiger partial charge in [0.1, 0.15) is 0 Å². The monoisotopic (exact) mass is 182 g/mol. The van der Waals surface area contributed by atoms with Crippen LogP contribution >= 0.6 is 10.8 Å². The van der Waals surface area contributed by atoms with Crippen LogP contribution in [0, 0.1) is 0 Å². The molecule has 0 bridgehead atoms. The molecule has 0 aliphatic carbocycles. The highest BCUT2D eigenvalue weighted by atomic mass is 32.3. The van der Waals surface area contributed by atoms with Gasteiger partial charge in [0.2, 0.25) is 0 Å². The molecule has 70 valence electrons. The predicted molar refractivity (Wildman–Crippen MR) is 49.7 cm³/mol. The molecule has 0 aliphatic heterocycles. The molecule has 0 aromatic carbocycles. The summed E-state index contributed by atoms with van der Waals surface area (Å²) in [6.45, 7) is 3.54. The van der Waals surface area contributed by atoms with Crippen molar-refractivity contribution >= 4 is 10.8 Å². The molecule has 0 spiro atoms. The van der Waals surface area contributed by atoms with Crippen LogP contribution in [0.1, 0.15) is 13.8 Å². The van der Waals surface area contributed by atoms with Crippen LogP contribution in [0.2, 0.25) is 0 Å². The molecule has 0 heterocycles. The second kappa shape index (κ2) is 3.28. The lowest BCUT2D eigenvalue weighted by atomic mass is 10.1. The summed E-state index contributed by atoms with van der Waals surface area (Å²) in [5, 5.41) is 0. The first-order valence-corrected chi connectivity index (χ1v) is 5.05. The van der Waals surface area contributed by atoms with Crippen LogP contribution in [-0.2, 0) is 0 Å². The predicted octanol–water partition coefficient (Wildman–Crippen LogP) is 0.951. The molecule has 11 heavy (non-hydrogen) atoms. The summed E-state index contributed by atoms with van der Waals surface area (Å²) in [6.07, 6.45) is 0. The fraction of sp³-hybridized carbons (Fsp3) is 1.00. The third kappa shape index (κ3) is 4.60. The molecule has 0 rings (SSSR count). The van der Waals surface area contributed by atoms with Crippen molar-refractivity contribution in [2.24, 2.45) is 5.73 Å². The summed E-state index contributed by atoms with van der Waals surface area (Å²) < 4.78 is 20.2. The highest BCUT2D eigenvalue weighted by Crippen LogP contribution is 2.42. The van der Waals surface area contributed by atoms with E-state index in [4.69, 9.17) is 5.73 Å². The Morgan fingerprint density at radius 3 is 1.82 bits per heavy atom. The van der Waals surface area contributed by atoms with E-state index in [1.165, 1.54) is 4.31 Å². The summed E-state index contributed by atoms with van der Waals surface area (Å²) in [6, 6.07) is 0. The molecule has 0 amide bonds. The number of nitrogens with two attached hydrogens (primary N) is 1. The fourth-order valence-electron chi connectivity index (χ4n) is 0.628. The minimum atomic E-state index is -2.65. The molecule has 5 heteroatoms. The van der Waals surface area contributed by atoms with E-state index in [0.717, 1.165) is 0 Å². The second-order valence-electron chi connectivity index (χ2n) is 3.58. The number of nitrogens with zero attached hydrogens (tertiary/aromatic N) is 1. The molecule has 0 radical (unpaired) electrons. The second-order valence-corrected chi connectivity index (χ2v) is 5.86. The van der Waals surface area contributed by atoms with Crippen molar-refractivity contribution < 1.29 is 9.11 Å². The maximum Gasteiger partial charge on any atom is 0.0704 e. The number of hydrogen-bond acceptors (Lipinski definition) is 4.